The standard InChI is InChI=1S/C12H7ClFNO/c13-10-3-9(4-11(14)5-10)12-2-1-8(7-16)6-15-12/h1-7H. The van der Waals surface area contributed by atoms with Crippen molar-refractivity contribution >= 4 is 17.9 Å². The third-order valence-corrected chi connectivity index (χ3v) is 2.30. The van der Waals surface area contributed by atoms with Crippen LogP contribution >= 0.6 is 11.6 Å². The molecule has 16 heavy (non-hydrogen) atoms. The van der Waals surface area contributed by atoms with Crippen LogP contribution in [0.3, 0.4) is 0 Å². The van der Waals surface area contributed by atoms with Gasteiger partial charge in [-0.05, 0) is 30.3 Å². The number of carbonyl (C=O) groups is 1. The van der Waals surface area contributed by atoms with Crippen molar-refractivity contribution in [3.05, 3.63) is 52.9 Å². The summed E-state index contributed by atoms with van der Waals surface area (Å²) >= 11 is 5.73. The van der Waals surface area contributed by atoms with Crippen LogP contribution in [0.1, 0.15) is 10.4 Å². The lowest BCUT2D eigenvalue weighted by atomic mass is 10.1. The predicted octanol–water partition coefficient (Wildman–Crippen LogP) is 3.35. The van der Waals surface area contributed by atoms with Crippen molar-refractivity contribution in [3.63, 3.8) is 0 Å². The lowest BCUT2D eigenvalue weighted by molar-refractivity contribution is 0.112. The third kappa shape index (κ3) is 2.25. The molecular weight excluding hydrogens is 229 g/mol. The summed E-state index contributed by atoms with van der Waals surface area (Å²) in [6, 6.07) is 7.45. The number of aromatic nitrogens is 1. The lowest BCUT2D eigenvalue weighted by Gasteiger charge is -2.02. The zero-order chi connectivity index (χ0) is 11.5. The first-order chi connectivity index (χ1) is 7.69. The van der Waals surface area contributed by atoms with E-state index in [-0.39, 0.29) is 0 Å². The number of hydrogen-bond donors (Lipinski definition) is 0. The molecule has 2 nitrogen and oxygen atoms in total. The molecule has 2 aromatic rings. The lowest BCUT2D eigenvalue weighted by Crippen LogP contribution is -1.87. The minimum absolute atomic E-state index is 0.316. The molecule has 4 heteroatoms. The summed E-state index contributed by atoms with van der Waals surface area (Å²) in [7, 11) is 0. The average molecular weight is 236 g/mol. The van der Waals surface area contributed by atoms with Crippen LogP contribution in [0, 0.1) is 5.82 Å². The fourth-order valence-electron chi connectivity index (χ4n) is 1.35. The molecule has 80 valence electrons. The molecule has 0 aliphatic rings. The van der Waals surface area contributed by atoms with E-state index in [1.807, 2.05) is 0 Å². The van der Waals surface area contributed by atoms with Crippen molar-refractivity contribution in [3.8, 4) is 11.3 Å². The van der Waals surface area contributed by atoms with Gasteiger partial charge in [-0.15, -0.1) is 0 Å². The summed E-state index contributed by atoms with van der Waals surface area (Å²) in [6.07, 6.45) is 2.14. The van der Waals surface area contributed by atoms with E-state index in [1.54, 1.807) is 18.2 Å². The molecule has 1 aromatic carbocycles. The molecule has 0 saturated carbocycles. The molecule has 0 atom stereocenters. The summed E-state index contributed by atoms with van der Waals surface area (Å²) in [6.45, 7) is 0. The first-order valence-corrected chi connectivity index (χ1v) is 4.94. The molecule has 0 N–H and O–H groups in total. The number of aldehydes is 1. The van der Waals surface area contributed by atoms with Crippen LogP contribution in [-0.4, -0.2) is 11.3 Å². The zero-order valence-corrected chi connectivity index (χ0v) is 8.91. The number of halogens is 2. The Morgan fingerprint density at radius 2 is 2.06 bits per heavy atom. The molecule has 0 unspecified atom stereocenters. The zero-order valence-electron chi connectivity index (χ0n) is 8.15. The van der Waals surface area contributed by atoms with Crippen molar-refractivity contribution < 1.29 is 9.18 Å². The van der Waals surface area contributed by atoms with Gasteiger partial charge in [-0.3, -0.25) is 9.78 Å². The maximum Gasteiger partial charge on any atom is 0.151 e. The summed E-state index contributed by atoms with van der Waals surface area (Å²) in [5.74, 6) is -0.413. The molecule has 1 heterocycles. The van der Waals surface area contributed by atoms with Gasteiger partial charge in [0.25, 0.3) is 0 Å². The van der Waals surface area contributed by atoms with Crippen molar-refractivity contribution in [2.45, 2.75) is 0 Å². The minimum Gasteiger partial charge on any atom is -0.298 e. The van der Waals surface area contributed by atoms with E-state index in [9.17, 15) is 9.18 Å². The molecule has 0 amide bonds. The van der Waals surface area contributed by atoms with E-state index in [2.05, 4.69) is 4.98 Å². The monoisotopic (exact) mass is 235 g/mol. The van der Waals surface area contributed by atoms with Gasteiger partial charge in [0.1, 0.15) is 5.82 Å². The smallest absolute Gasteiger partial charge is 0.151 e. The van der Waals surface area contributed by atoms with Gasteiger partial charge in [-0.2, -0.15) is 0 Å². The SMILES string of the molecule is O=Cc1ccc(-c2cc(F)cc(Cl)c2)nc1. The van der Waals surface area contributed by atoms with E-state index < -0.39 is 5.82 Å². The molecule has 0 aliphatic carbocycles. The predicted molar refractivity (Wildman–Crippen MR) is 60.0 cm³/mol. The molecule has 0 radical (unpaired) electrons. The molecule has 0 spiro atoms. The van der Waals surface area contributed by atoms with Crippen LogP contribution in [-0.2, 0) is 0 Å². The van der Waals surface area contributed by atoms with Crippen LogP contribution in [0.2, 0.25) is 5.02 Å². The first kappa shape index (κ1) is 10.8. The van der Waals surface area contributed by atoms with Crippen molar-refractivity contribution in [2.24, 2.45) is 0 Å². The third-order valence-electron chi connectivity index (χ3n) is 2.08. The largest absolute Gasteiger partial charge is 0.298 e. The van der Waals surface area contributed by atoms with Gasteiger partial charge in [0.2, 0.25) is 0 Å². The van der Waals surface area contributed by atoms with Crippen molar-refractivity contribution in [2.75, 3.05) is 0 Å². The summed E-state index contributed by atoms with van der Waals surface area (Å²) in [4.78, 5) is 14.5. The Kier molecular flexibility index (Phi) is 2.97. The van der Waals surface area contributed by atoms with E-state index >= 15 is 0 Å². The summed E-state index contributed by atoms with van der Waals surface area (Å²) < 4.78 is 13.1. The highest BCUT2D eigenvalue weighted by molar-refractivity contribution is 6.30. The van der Waals surface area contributed by atoms with E-state index in [1.165, 1.54) is 18.3 Å². The minimum atomic E-state index is -0.413. The van der Waals surface area contributed by atoms with Gasteiger partial charge in [0.15, 0.2) is 6.29 Å². The molecule has 0 fully saturated rings. The fourth-order valence-corrected chi connectivity index (χ4v) is 1.57. The maximum atomic E-state index is 13.1. The number of carbonyl (C=O) groups excluding carboxylic acids is 1. The van der Waals surface area contributed by atoms with Gasteiger partial charge in [0, 0.05) is 22.3 Å². The molecule has 0 aliphatic heterocycles. The van der Waals surface area contributed by atoms with Gasteiger partial charge in [0.05, 0.1) is 5.69 Å². The van der Waals surface area contributed by atoms with Crippen LogP contribution in [0.5, 0.6) is 0 Å². The quantitative estimate of drug-likeness (QED) is 0.747. The van der Waals surface area contributed by atoms with Crippen LogP contribution < -0.4 is 0 Å². The number of rotatable bonds is 2. The highest BCUT2D eigenvalue weighted by Crippen LogP contribution is 2.22. The normalized spacial score (nSPS) is 10.1. The topological polar surface area (TPSA) is 30.0 Å². The Bertz CT molecular complexity index is 505. The second-order valence-corrected chi connectivity index (χ2v) is 3.69. The Hall–Kier alpha value is -1.74. The Morgan fingerprint density at radius 1 is 1.25 bits per heavy atom. The van der Waals surface area contributed by atoms with E-state index in [0.717, 1.165) is 0 Å². The van der Waals surface area contributed by atoms with E-state index in [0.29, 0.717) is 28.1 Å². The maximum absolute atomic E-state index is 13.1. The number of hydrogen-bond acceptors (Lipinski definition) is 2. The molecule has 0 saturated heterocycles. The summed E-state index contributed by atoms with van der Waals surface area (Å²) in [5, 5.41) is 0.316. The molecular formula is C12H7ClFNO. The van der Waals surface area contributed by atoms with Crippen LogP contribution in [0.15, 0.2) is 36.5 Å². The number of nitrogens with zero attached hydrogens (tertiary/aromatic N) is 1. The van der Waals surface area contributed by atoms with Gasteiger partial charge in [-0.25, -0.2) is 4.39 Å². The van der Waals surface area contributed by atoms with E-state index in [4.69, 9.17) is 11.6 Å². The Balaban J connectivity index is 2.45. The first-order valence-electron chi connectivity index (χ1n) is 4.57. The van der Waals surface area contributed by atoms with Gasteiger partial charge < -0.3 is 0 Å². The number of pyridine rings is 1. The highest BCUT2D eigenvalue weighted by Gasteiger charge is 2.03. The molecule has 0 bridgehead atoms. The van der Waals surface area contributed by atoms with Crippen molar-refractivity contribution in [1.82, 2.24) is 4.98 Å². The average Bonchev–Trinajstić information content (AvgIpc) is 2.28. The highest BCUT2D eigenvalue weighted by atomic mass is 35.5. The second-order valence-electron chi connectivity index (χ2n) is 3.25. The Labute approximate surface area is 96.7 Å². The molecule has 2 rings (SSSR count). The van der Waals surface area contributed by atoms with Gasteiger partial charge >= 0.3 is 0 Å². The second kappa shape index (κ2) is 4.41. The fraction of sp³-hybridized carbons (Fsp3) is 0. The van der Waals surface area contributed by atoms with Crippen LogP contribution in [0.4, 0.5) is 4.39 Å². The van der Waals surface area contributed by atoms with Gasteiger partial charge in [-0.1, -0.05) is 11.6 Å². The molecule has 1 aromatic heterocycles. The summed E-state index contributed by atoms with van der Waals surface area (Å²) in [5.41, 5.74) is 1.64. The van der Waals surface area contributed by atoms with Crippen molar-refractivity contribution in [1.29, 1.82) is 0 Å². The number of benzene rings is 1. The Morgan fingerprint density at radius 3 is 2.62 bits per heavy atom. The van der Waals surface area contributed by atoms with Crippen LogP contribution in [0.25, 0.3) is 11.3 Å².